The number of unbranched alkanes of at least 4 members (excludes halogenated alkanes) is 3. The Morgan fingerprint density at radius 2 is 2.03 bits per heavy atom. The number of amides is 1. The van der Waals surface area contributed by atoms with E-state index in [1.54, 1.807) is 42.6 Å². The number of hydrogen-bond donors (Lipinski definition) is 1. The molecule has 0 spiro atoms. The number of halogens is 1. The highest BCUT2D eigenvalue weighted by Gasteiger charge is 2.11. The summed E-state index contributed by atoms with van der Waals surface area (Å²) in [6.45, 7) is 2.58. The monoisotopic (exact) mass is 406 g/mol. The number of fused-ring (bicyclic) bond motifs is 1. The summed E-state index contributed by atoms with van der Waals surface area (Å²) in [5.41, 5.74) is 1.72. The van der Waals surface area contributed by atoms with Crippen molar-refractivity contribution in [2.45, 2.75) is 39.2 Å². The standard InChI is InChI=1S/C25H27FN2O2/c1-2-3-4-5-6-7-16-30-23-12-8-10-21(24(23)26)18-28-25(29)20-13-14-22-19(17-20)11-9-15-27-22/h6-15,17H,2-5,16,18H2,1H3,(H,28,29). The Labute approximate surface area is 176 Å². The number of carbonyl (C=O) groups excluding carboxylic acids is 1. The van der Waals surface area contributed by atoms with Crippen molar-refractivity contribution >= 4 is 16.8 Å². The number of rotatable bonds is 10. The molecule has 1 aromatic heterocycles. The lowest BCUT2D eigenvalue weighted by Gasteiger charge is -2.10. The van der Waals surface area contributed by atoms with Crippen LogP contribution in [0, 0.1) is 5.82 Å². The molecule has 3 aromatic rings. The molecule has 3 rings (SSSR count). The average Bonchev–Trinajstić information content (AvgIpc) is 2.78. The van der Waals surface area contributed by atoms with Gasteiger partial charge in [-0.1, -0.05) is 50.1 Å². The summed E-state index contributed by atoms with van der Waals surface area (Å²) in [7, 11) is 0. The van der Waals surface area contributed by atoms with Gasteiger partial charge in [0, 0.05) is 29.3 Å². The van der Waals surface area contributed by atoms with Crippen molar-refractivity contribution in [2.75, 3.05) is 6.61 Å². The first-order valence-corrected chi connectivity index (χ1v) is 10.4. The third-order valence-electron chi connectivity index (χ3n) is 4.82. The molecule has 0 aliphatic heterocycles. The Morgan fingerprint density at radius 1 is 1.13 bits per heavy atom. The molecule has 0 fully saturated rings. The van der Waals surface area contributed by atoms with Gasteiger partial charge in [0.05, 0.1) is 5.52 Å². The average molecular weight is 407 g/mol. The van der Waals surface area contributed by atoms with Crippen LogP contribution in [0.15, 0.2) is 66.9 Å². The van der Waals surface area contributed by atoms with Crippen LogP contribution in [0.3, 0.4) is 0 Å². The minimum Gasteiger partial charge on any atom is -0.486 e. The van der Waals surface area contributed by atoms with E-state index in [1.165, 1.54) is 12.8 Å². The van der Waals surface area contributed by atoms with Crippen LogP contribution in [0.25, 0.3) is 10.9 Å². The van der Waals surface area contributed by atoms with Gasteiger partial charge in [-0.15, -0.1) is 0 Å². The van der Waals surface area contributed by atoms with Crippen LogP contribution in [-0.4, -0.2) is 17.5 Å². The first-order valence-electron chi connectivity index (χ1n) is 10.4. The van der Waals surface area contributed by atoms with Crippen molar-refractivity contribution < 1.29 is 13.9 Å². The fourth-order valence-electron chi connectivity index (χ4n) is 3.13. The molecule has 0 saturated carbocycles. The number of carbonyl (C=O) groups is 1. The summed E-state index contributed by atoms with van der Waals surface area (Å²) in [5, 5.41) is 3.66. The number of nitrogens with one attached hydrogen (secondary N) is 1. The molecule has 0 bridgehead atoms. The normalized spacial score (nSPS) is 11.1. The molecule has 2 aromatic carbocycles. The van der Waals surface area contributed by atoms with Crippen LogP contribution in [0.1, 0.15) is 48.5 Å². The first-order chi connectivity index (χ1) is 14.7. The maximum Gasteiger partial charge on any atom is 0.251 e. The molecule has 0 aliphatic carbocycles. The molecule has 4 nitrogen and oxygen atoms in total. The molecule has 30 heavy (non-hydrogen) atoms. The molecule has 5 heteroatoms. The van der Waals surface area contributed by atoms with Crippen molar-refractivity contribution in [3.05, 3.63) is 83.8 Å². The second kappa shape index (κ2) is 11.1. The maximum atomic E-state index is 14.7. The van der Waals surface area contributed by atoms with Gasteiger partial charge in [0.25, 0.3) is 5.91 Å². The van der Waals surface area contributed by atoms with Crippen LogP contribution in [0.5, 0.6) is 5.75 Å². The zero-order chi connectivity index (χ0) is 21.2. The van der Waals surface area contributed by atoms with Crippen molar-refractivity contribution in [3.63, 3.8) is 0 Å². The number of allylic oxidation sites excluding steroid dienone is 1. The van der Waals surface area contributed by atoms with E-state index in [-0.39, 0.29) is 18.2 Å². The van der Waals surface area contributed by atoms with E-state index in [2.05, 4.69) is 23.3 Å². The van der Waals surface area contributed by atoms with Crippen molar-refractivity contribution in [1.82, 2.24) is 10.3 Å². The van der Waals surface area contributed by atoms with Crippen LogP contribution >= 0.6 is 0 Å². The summed E-state index contributed by atoms with van der Waals surface area (Å²) < 4.78 is 20.2. The number of pyridine rings is 1. The zero-order valence-electron chi connectivity index (χ0n) is 17.2. The number of nitrogens with zero attached hydrogens (tertiary/aromatic N) is 1. The van der Waals surface area contributed by atoms with Gasteiger partial charge in [-0.25, -0.2) is 4.39 Å². The van der Waals surface area contributed by atoms with Gasteiger partial charge in [-0.3, -0.25) is 9.78 Å². The second-order valence-corrected chi connectivity index (χ2v) is 7.10. The van der Waals surface area contributed by atoms with Crippen LogP contribution in [-0.2, 0) is 6.54 Å². The van der Waals surface area contributed by atoms with E-state index >= 15 is 0 Å². The summed E-state index contributed by atoms with van der Waals surface area (Å²) in [6, 6.07) is 14.0. The third-order valence-corrected chi connectivity index (χ3v) is 4.82. The Bertz CT molecular complexity index is 1020. The van der Waals surface area contributed by atoms with E-state index in [1.807, 2.05) is 18.2 Å². The lowest BCUT2D eigenvalue weighted by atomic mass is 10.1. The molecular weight excluding hydrogens is 379 g/mol. The summed E-state index contributed by atoms with van der Waals surface area (Å²) in [4.78, 5) is 16.7. The highest BCUT2D eigenvalue weighted by atomic mass is 19.1. The van der Waals surface area contributed by atoms with Crippen molar-refractivity contribution in [1.29, 1.82) is 0 Å². The Hall–Kier alpha value is -3.21. The van der Waals surface area contributed by atoms with Crippen molar-refractivity contribution in [2.24, 2.45) is 0 Å². The topological polar surface area (TPSA) is 51.2 Å². The quantitative estimate of drug-likeness (QED) is 0.341. The molecule has 1 N–H and O–H groups in total. The minimum atomic E-state index is -0.445. The fourth-order valence-corrected chi connectivity index (χ4v) is 3.13. The Balaban J connectivity index is 1.55. The molecule has 0 atom stereocenters. The van der Waals surface area contributed by atoms with Gasteiger partial charge in [0.2, 0.25) is 0 Å². The summed E-state index contributed by atoms with van der Waals surface area (Å²) in [5.74, 6) is -0.516. The lowest BCUT2D eigenvalue weighted by Crippen LogP contribution is -2.23. The highest BCUT2D eigenvalue weighted by molar-refractivity contribution is 5.97. The van der Waals surface area contributed by atoms with Gasteiger partial charge in [-0.2, -0.15) is 0 Å². The molecule has 0 aliphatic rings. The van der Waals surface area contributed by atoms with Crippen LogP contribution < -0.4 is 10.1 Å². The Kier molecular flexibility index (Phi) is 7.95. The van der Waals surface area contributed by atoms with Crippen LogP contribution in [0.2, 0.25) is 0 Å². The summed E-state index contributed by atoms with van der Waals surface area (Å²) in [6.07, 6.45) is 10.3. The fraction of sp³-hybridized carbons (Fsp3) is 0.280. The van der Waals surface area contributed by atoms with Gasteiger partial charge in [-0.05, 0) is 43.2 Å². The predicted molar refractivity (Wildman–Crippen MR) is 118 cm³/mol. The molecule has 1 amide bonds. The predicted octanol–water partition coefficient (Wildman–Crippen LogP) is 5.82. The second-order valence-electron chi connectivity index (χ2n) is 7.10. The zero-order valence-corrected chi connectivity index (χ0v) is 17.2. The maximum absolute atomic E-state index is 14.7. The Morgan fingerprint density at radius 3 is 2.90 bits per heavy atom. The van der Waals surface area contributed by atoms with Gasteiger partial charge >= 0.3 is 0 Å². The van der Waals surface area contributed by atoms with E-state index in [9.17, 15) is 9.18 Å². The lowest BCUT2D eigenvalue weighted by molar-refractivity contribution is 0.0950. The van der Waals surface area contributed by atoms with Crippen molar-refractivity contribution in [3.8, 4) is 5.75 Å². The largest absolute Gasteiger partial charge is 0.486 e. The number of benzene rings is 2. The minimum absolute atomic E-state index is 0.0831. The first kappa shape index (κ1) is 21.5. The van der Waals surface area contributed by atoms with Gasteiger partial charge < -0.3 is 10.1 Å². The highest BCUT2D eigenvalue weighted by Crippen LogP contribution is 2.21. The van der Waals surface area contributed by atoms with Crippen LogP contribution in [0.4, 0.5) is 4.39 Å². The van der Waals surface area contributed by atoms with E-state index in [0.29, 0.717) is 17.7 Å². The van der Waals surface area contributed by atoms with Gasteiger partial charge in [0.1, 0.15) is 6.61 Å². The number of ether oxygens (including phenoxy) is 1. The summed E-state index contributed by atoms with van der Waals surface area (Å²) >= 11 is 0. The molecular formula is C25H27FN2O2. The van der Waals surface area contributed by atoms with E-state index in [4.69, 9.17) is 4.74 Å². The van der Waals surface area contributed by atoms with E-state index in [0.717, 1.165) is 23.7 Å². The number of hydrogen-bond acceptors (Lipinski definition) is 3. The molecule has 156 valence electrons. The molecule has 0 radical (unpaired) electrons. The molecule has 0 unspecified atom stereocenters. The van der Waals surface area contributed by atoms with E-state index < -0.39 is 5.82 Å². The number of aromatic nitrogens is 1. The SMILES string of the molecule is CCCCCC=CCOc1cccc(CNC(=O)c2ccc3ncccc3c2)c1F. The molecule has 0 saturated heterocycles. The van der Waals surface area contributed by atoms with Gasteiger partial charge in [0.15, 0.2) is 11.6 Å². The molecule has 1 heterocycles. The third kappa shape index (κ3) is 5.89. The smallest absolute Gasteiger partial charge is 0.251 e.